The molecule has 1 rings (SSSR count). The van der Waals surface area contributed by atoms with Gasteiger partial charge in [-0.3, -0.25) is 0 Å². The first kappa shape index (κ1) is 5.03. The fourth-order valence-corrected chi connectivity index (χ4v) is 1.79. The average Bonchev–Trinajstić information content (AvgIpc) is 1.69. The van der Waals surface area contributed by atoms with E-state index in [4.69, 9.17) is 0 Å². The summed E-state index contributed by atoms with van der Waals surface area (Å²) in [5, 5.41) is 0. The third kappa shape index (κ3) is 1.43. The predicted octanol–water partition coefficient (Wildman–Crippen LogP) is 0.890. The lowest BCUT2D eigenvalue weighted by atomic mass is 10.2. The highest BCUT2D eigenvalue weighted by atomic mass is 28.2. The number of hydrogen-bond donors (Lipinski definition) is 0. The fraction of sp³-hybridized carbons (Fsp3) is 0.800. The summed E-state index contributed by atoms with van der Waals surface area (Å²) in [6, 6.07) is 2.17. The molecule has 1 nitrogen and oxygen atoms in total. The van der Waals surface area contributed by atoms with Gasteiger partial charge in [-0.05, 0) is 12.5 Å². The third-order valence-corrected chi connectivity index (χ3v) is 2.48. The van der Waals surface area contributed by atoms with E-state index in [9.17, 15) is 4.79 Å². The largest absolute Gasteiger partial charge is 0.300 e. The second-order valence-electron chi connectivity index (χ2n) is 1.82. The zero-order chi connectivity index (χ0) is 5.11. The van der Waals surface area contributed by atoms with Gasteiger partial charge in [0.2, 0.25) is 0 Å². The van der Waals surface area contributed by atoms with Gasteiger partial charge in [0, 0.05) is 15.9 Å². The molecular formula is C5H8OSi. The van der Waals surface area contributed by atoms with E-state index in [-0.39, 0.29) is 0 Å². The van der Waals surface area contributed by atoms with Crippen LogP contribution in [0.1, 0.15) is 12.8 Å². The normalized spacial score (nSPS) is 22.6. The van der Waals surface area contributed by atoms with Crippen molar-refractivity contribution in [2.24, 2.45) is 0 Å². The number of ketones is 1. The quantitative estimate of drug-likeness (QED) is 0.425. The van der Waals surface area contributed by atoms with E-state index in [1.165, 1.54) is 6.04 Å². The second-order valence-corrected chi connectivity index (χ2v) is 3.17. The number of Topliss-reactive ketones (excluding diaryl/α,β-unsaturated/α-hetero) is 1. The summed E-state index contributed by atoms with van der Waals surface area (Å²) < 4.78 is 0. The van der Waals surface area contributed by atoms with Crippen LogP contribution < -0.4 is 0 Å². The maximum atomic E-state index is 10.5. The highest BCUT2D eigenvalue weighted by molar-refractivity contribution is 6.42. The minimum atomic E-state index is 0.476. The molecule has 0 amide bonds. The van der Waals surface area contributed by atoms with Crippen molar-refractivity contribution >= 4 is 15.3 Å². The molecule has 0 atom stereocenters. The van der Waals surface area contributed by atoms with Gasteiger partial charge in [0.05, 0.1) is 0 Å². The van der Waals surface area contributed by atoms with Crippen LogP contribution in [0.2, 0.25) is 12.1 Å². The maximum absolute atomic E-state index is 10.5. The molecule has 0 saturated carbocycles. The first-order chi connectivity index (χ1) is 3.39. The lowest BCUT2D eigenvalue weighted by Gasteiger charge is -2.04. The van der Waals surface area contributed by atoms with E-state index in [2.05, 4.69) is 0 Å². The molecule has 0 aromatic heterocycles. The van der Waals surface area contributed by atoms with E-state index >= 15 is 0 Å². The van der Waals surface area contributed by atoms with Gasteiger partial charge >= 0.3 is 0 Å². The highest BCUT2D eigenvalue weighted by Gasteiger charge is 2.06. The van der Waals surface area contributed by atoms with Crippen LogP contribution in [0.25, 0.3) is 0 Å². The second kappa shape index (κ2) is 2.26. The Morgan fingerprint density at radius 2 is 2.43 bits per heavy atom. The number of rotatable bonds is 0. The Morgan fingerprint density at radius 1 is 1.57 bits per heavy atom. The van der Waals surface area contributed by atoms with Gasteiger partial charge in [-0.1, -0.05) is 6.04 Å². The van der Waals surface area contributed by atoms with E-state index in [0.29, 0.717) is 5.78 Å². The van der Waals surface area contributed by atoms with Gasteiger partial charge in [-0.2, -0.15) is 0 Å². The Balaban J connectivity index is 2.25. The van der Waals surface area contributed by atoms with Gasteiger partial charge in [-0.15, -0.1) is 0 Å². The van der Waals surface area contributed by atoms with Crippen molar-refractivity contribution in [3.8, 4) is 0 Å². The number of carbonyl (C=O) groups excluding carboxylic acids is 1. The molecule has 38 valence electrons. The molecule has 0 bridgehead atoms. The van der Waals surface area contributed by atoms with Gasteiger partial charge < -0.3 is 4.79 Å². The van der Waals surface area contributed by atoms with Crippen LogP contribution >= 0.6 is 0 Å². The van der Waals surface area contributed by atoms with Crippen molar-refractivity contribution in [3.63, 3.8) is 0 Å². The molecule has 1 aliphatic rings. The van der Waals surface area contributed by atoms with Crippen LogP contribution in [0.5, 0.6) is 0 Å². The van der Waals surface area contributed by atoms with Crippen LogP contribution in [0.4, 0.5) is 0 Å². The van der Waals surface area contributed by atoms with Gasteiger partial charge in [0.25, 0.3) is 0 Å². The first-order valence-electron chi connectivity index (χ1n) is 2.62. The van der Waals surface area contributed by atoms with Crippen molar-refractivity contribution in [2.75, 3.05) is 0 Å². The summed E-state index contributed by atoms with van der Waals surface area (Å²) in [6.07, 6.45) is 2.00. The summed E-state index contributed by atoms with van der Waals surface area (Å²) >= 11 is 0. The lowest BCUT2D eigenvalue weighted by molar-refractivity contribution is -0.117. The SMILES string of the molecule is O=C1CCC[Si]C1. The standard InChI is InChI=1S/C5H8OSi/c6-5-2-1-3-7-4-5/h1-4H2. The van der Waals surface area contributed by atoms with E-state index < -0.39 is 0 Å². The zero-order valence-electron chi connectivity index (χ0n) is 4.24. The summed E-state index contributed by atoms with van der Waals surface area (Å²) in [5.74, 6) is 0.476. The Kier molecular flexibility index (Phi) is 1.62. The lowest BCUT2D eigenvalue weighted by Crippen LogP contribution is -2.08. The molecule has 0 aromatic rings. The van der Waals surface area contributed by atoms with Crippen molar-refractivity contribution in [1.82, 2.24) is 0 Å². The minimum Gasteiger partial charge on any atom is -0.300 e. The molecule has 0 aliphatic carbocycles. The summed E-state index contributed by atoms with van der Waals surface area (Å²) in [4.78, 5) is 10.5. The molecule has 2 heteroatoms. The fourth-order valence-electron chi connectivity index (χ4n) is 0.727. The molecule has 7 heavy (non-hydrogen) atoms. The van der Waals surface area contributed by atoms with Gasteiger partial charge in [0.15, 0.2) is 0 Å². The van der Waals surface area contributed by atoms with Crippen LogP contribution in [-0.4, -0.2) is 15.3 Å². The summed E-state index contributed by atoms with van der Waals surface area (Å²) in [7, 11) is 0.932. The van der Waals surface area contributed by atoms with Crippen LogP contribution in [0.3, 0.4) is 0 Å². The molecule has 1 saturated heterocycles. The maximum Gasteiger partial charge on any atom is 0.129 e. The average molecular weight is 112 g/mol. The Bertz CT molecular complexity index is 72.1. The zero-order valence-corrected chi connectivity index (χ0v) is 5.24. The topological polar surface area (TPSA) is 17.1 Å². The summed E-state index contributed by atoms with van der Waals surface area (Å²) in [6.45, 7) is 0. The Hall–Kier alpha value is -0.113. The molecule has 0 unspecified atom stereocenters. The van der Waals surface area contributed by atoms with Crippen molar-refractivity contribution in [3.05, 3.63) is 0 Å². The first-order valence-corrected chi connectivity index (χ1v) is 4.03. The Morgan fingerprint density at radius 3 is 2.71 bits per heavy atom. The molecular weight excluding hydrogens is 104 g/mol. The highest BCUT2D eigenvalue weighted by Crippen LogP contribution is 2.07. The molecule has 0 spiro atoms. The minimum absolute atomic E-state index is 0.476. The van der Waals surface area contributed by atoms with Crippen LogP contribution in [0, 0.1) is 0 Å². The van der Waals surface area contributed by atoms with Gasteiger partial charge in [0.1, 0.15) is 5.78 Å². The molecule has 1 fully saturated rings. The van der Waals surface area contributed by atoms with Crippen LogP contribution in [-0.2, 0) is 4.79 Å². The molecule has 0 aromatic carbocycles. The smallest absolute Gasteiger partial charge is 0.129 e. The van der Waals surface area contributed by atoms with E-state index in [1.807, 2.05) is 0 Å². The van der Waals surface area contributed by atoms with Gasteiger partial charge in [-0.25, -0.2) is 0 Å². The third-order valence-electron chi connectivity index (χ3n) is 1.13. The Labute approximate surface area is 45.9 Å². The molecule has 0 N–H and O–H groups in total. The van der Waals surface area contributed by atoms with Crippen molar-refractivity contribution in [2.45, 2.75) is 24.9 Å². The molecule has 1 heterocycles. The summed E-state index contributed by atoms with van der Waals surface area (Å²) in [5.41, 5.74) is 0. The predicted molar refractivity (Wildman–Crippen MR) is 29.6 cm³/mol. The molecule has 1 aliphatic heterocycles. The number of hydrogen-bond acceptors (Lipinski definition) is 1. The van der Waals surface area contributed by atoms with E-state index in [1.54, 1.807) is 0 Å². The monoisotopic (exact) mass is 112 g/mol. The number of carbonyl (C=O) groups is 1. The van der Waals surface area contributed by atoms with Crippen molar-refractivity contribution < 1.29 is 4.79 Å². The van der Waals surface area contributed by atoms with Crippen molar-refractivity contribution in [1.29, 1.82) is 0 Å². The van der Waals surface area contributed by atoms with Crippen LogP contribution in [0.15, 0.2) is 0 Å². The molecule has 2 radical (unpaired) electrons. The van der Waals surface area contributed by atoms with E-state index in [0.717, 1.165) is 28.4 Å².